The molecular weight excluding hydrogens is 189 g/mol. The molecule has 0 radical (unpaired) electrons. The monoisotopic (exact) mass is 206 g/mol. The number of halogens is 3. The fourth-order valence-corrected chi connectivity index (χ4v) is 2.02. The van der Waals surface area contributed by atoms with Crippen molar-refractivity contribution >= 4 is 0 Å². The van der Waals surface area contributed by atoms with E-state index < -0.39 is 12.6 Å². The zero-order valence-corrected chi connectivity index (χ0v) is 8.32. The third-order valence-corrected chi connectivity index (χ3v) is 2.91. The summed E-state index contributed by atoms with van der Waals surface area (Å²) in [6.07, 6.45) is 0.383. The molecule has 0 spiro atoms. The van der Waals surface area contributed by atoms with Crippen LogP contribution in [0.4, 0.5) is 13.2 Å². The normalized spacial score (nSPS) is 21.1. The lowest BCUT2D eigenvalue weighted by atomic mass is 9.82. The van der Waals surface area contributed by atoms with Crippen LogP contribution in [0.15, 0.2) is 12.2 Å². The molecule has 0 bridgehead atoms. The lowest BCUT2D eigenvalue weighted by Gasteiger charge is -2.24. The van der Waals surface area contributed by atoms with Crippen LogP contribution in [-0.2, 0) is 0 Å². The van der Waals surface area contributed by atoms with Gasteiger partial charge >= 0.3 is 0 Å². The van der Waals surface area contributed by atoms with Gasteiger partial charge in [0.05, 0.1) is 0 Å². The van der Waals surface area contributed by atoms with Gasteiger partial charge in [0.25, 0.3) is 6.43 Å². The first-order chi connectivity index (χ1) is 6.61. The molecule has 0 N–H and O–H groups in total. The van der Waals surface area contributed by atoms with Crippen molar-refractivity contribution < 1.29 is 13.2 Å². The van der Waals surface area contributed by atoms with Gasteiger partial charge in [0.1, 0.15) is 0 Å². The Balaban J connectivity index is 2.33. The van der Waals surface area contributed by atoms with Crippen LogP contribution in [-0.4, -0.2) is 12.6 Å². The van der Waals surface area contributed by atoms with Crippen molar-refractivity contribution in [1.82, 2.24) is 0 Å². The average Bonchev–Trinajstić information content (AvgIpc) is 2.19. The van der Waals surface area contributed by atoms with Gasteiger partial charge in [-0.2, -0.15) is 0 Å². The molecule has 1 aliphatic rings. The Morgan fingerprint density at radius 3 is 2.21 bits per heavy atom. The lowest BCUT2D eigenvalue weighted by molar-refractivity contribution is 0.0487. The standard InChI is InChI=1S/C11H17F3/c1-8(7-10(12)11(13)14)9-5-3-2-4-6-9/h9-11H,1-7H2. The molecule has 1 atom stereocenters. The van der Waals surface area contributed by atoms with Crippen LogP contribution < -0.4 is 0 Å². The second-order valence-corrected chi connectivity index (χ2v) is 4.05. The lowest BCUT2D eigenvalue weighted by Crippen LogP contribution is -2.17. The third kappa shape index (κ3) is 3.35. The van der Waals surface area contributed by atoms with E-state index in [1.54, 1.807) is 0 Å². The van der Waals surface area contributed by atoms with E-state index in [1.165, 1.54) is 6.42 Å². The molecule has 1 saturated carbocycles. The van der Waals surface area contributed by atoms with Crippen LogP contribution in [0.25, 0.3) is 0 Å². The Morgan fingerprint density at radius 1 is 1.14 bits per heavy atom. The highest BCUT2D eigenvalue weighted by atomic mass is 19.3. The van der Waals surface area contributed by atoms with Crippen LogP contribution in [0.2, 0.25) is 0 Å². The zero-order valence-electron chi connectivity index (χ0n) is 8.32. The van der Waals surface area contributed by atoms with Crippen molar-refractivity contribution in [3.8, 4) is 0 Å². The van der Waals surface area contributed by atoms with Crippen molar-refractivity contribution in [2.75, 3.05) is 0 Å². The quantitative estimate of drug-likeness (QED) is 0.607. The Morgan fingerprint density at radius 2 is 1.71 bits per heavy atom. The summed E-state index contributed by atoms with van der Waals surface area (Å²) >= 11 is 0. The van der Waals surface area contributed by atoms with Gasteiger partial charge in [-0.15, -0.1) is 0 Å². The molecule has 3 heteroatoms. The highest BCUT2D eigenvalue weighted by Crippen LogP contribution is 2.32. The first kappa shape index (κ1) is 11.6. The summed E-state index contributed by atoms with van der Waals surface area (Å²) in [6.45, 7) is 3.73. The van der Waals surface area contributed by atoms with Crippen molar-refractivity contribution in [3.63, 3.8) is 0 Å². The minimum atomic E-state index is -2.87. The molecular formula is C11H17F3. The minimum Gasteiger partial charge on any atom is -0.241 e. The number of rotatable bonds is 4. The molecule has 0 nitrogen and oxygen atoms in total. The van der Waals surface area contributed by atoms with Crippen LogP contribution in [0.3, 0.4) is 0 Å². The van der Waals surface area contributed by atoms with Gasteiger partial charge in [-0.25, -0.2) is 13.2 Å². The number of hydrogen-bond donors (Lipinski definition) is 0. The molecule has 1 aliphatic carbocycles. The van der Waals surface area contributed by atoms with Gasteiger partial charge in [0.2, 0.25) is 0 Å². The van der Waals surface area contributed by atoms with Crippen LogP contribution in [0, 0.1) is 5.92 Å². The Hall–Kier alpha value is -0.470. The topological polar surface area (TPSA) is 0 Å². The summed E-state index contributed by atoms with van der Waals surface area (Å²) in [6, 6.07) is 0. The highest BCUT2D eigenvalue weighted by Gasteiger charge is 2.24. The van der Waals surface area contributed by atoms with E-state index in [4.69, 9.17) is 0 Å². The maximum Gasteiger partial charge on any atom is 0.269 e. The van der Waals surface area contributed by atoms with Crippen LogP contribution in [0.1, 0.15) is 38.5 Å². The molecule has 0 aromatic rings. The van der Waals surface area contributed by atoms with Gasteiger partial charge < -0.3 is 0 Å². The van der Waals surface area contributed by atoms with Crippen molar-refractivity contribution in [2.45, 2.75) is 51.1 Å². The predicted molar refractivity (Wildman–Crippen MR) is 51.2 cm³/mol. The summed E-state index contributed by atoms with van der Waals surface area (Å²) < 4.78 is 36.6. The minimum absolute atomic E-state index is 0.164. The summed E-state index contributed by atoms with van der Waals surface area (Å²) in [5.41, 5.74) is 0.678. The van der Waals surface area contributed by atoms with Gasteiger partial charge in [-0.1, -0.05) is 31.4 Å². The number of hydrogen-bond acceptors (Lipinski definition) is 0. The molecule has 14 heavy (non-hydrogen) atoms. The van der Waals surface area contributed by atoms with Crippen LogP contribution in [0.5, 0.6) is 0 Å². The van der Waals surface area contributed by atoms with Crippen LogP contribution >= 0.6 is 0 Å². The molecule has 0 aromatic heterocycles. The SMILES string of the molecule is C=C(CC(F)C(F)F)C1CCCCC1. The molecule has 0 amide bonds. The maximum atomic E-state index is 12.7. The maximum absolute atomic E-state index is 12.7. The van der Waals surface area contributed by atoms with Crippen molar-refractivity contribution in [3.05, 3.63) is 12.2 Å². The van der Waals surface area contributed by atoms with Gasteiger partial charge in [0.15, 0.2) is 6.17 Å². The average molecular weight is 206 g/mol. The number of allylic oxidation sites excluding steroid dienone is 1. The smallest absolute Gasteiger partial charge is 0.241 e. The van der Waals surface area contributed by atoms with E-state index >= 15 is 0 Å². The zero-order chi connectivity index (χ0) is 10.6. The van der Waals surface area contributed by atoms with Gasteiger partial charge in [0, 0.05) is 6.42 Å². The van der Waals surface area contributed by atoms with E-state index in [-0.39, 0.29) is 12.3 Å². The van der Waals surface area contributed by atoms with Crippen molar-refractivity contribution in [2.24, 2.45) is 5.92 Å². The molecule has 0 aromatic carbocycles. The Kier molecular flexibility index (Phi) is 4.49. The fraction of sp³-hybridized carbons (Fsp3) is 0.818. The molecule has 1 unspecified atom stereocenters. The predicted octanol–water partition coefficient (Wildman–Crippen LogP) is 4.12. The van der Waals surface area contributed by atoms with Gasteiger partial charge in [-0.3, -0.25) is 0 Å². The molecule has 0 saturated heterocycles. The second-order valence-electron chi connectivity index (χ2n) is 4.05. The van der Waals surface area contributed by atoms with E-state index in [0.29, 0.717) is 5.57 Å². The highest BCUT2D eigenvalue weighted by molar-refractivity contribution is 5.03. The molecule has 82 valence electrons. The Bertz CT molecular complexity index is 183. The fourth-order valence-electron chi connectivity index (χ4n) is 2.02. The summed E-state index contributed by atoms with van der Waals surface area (Å²) in [7, 11) is 0. The molecule has 1 rings (SSSR count). The molecule has 0 aliphatic heterocycles. The van der Waals surface area contributed by atoms with E-state index in [0.717, 1.165) is 25.7 Å². The summed E-state index contributed by atoms with van der Waals surface area (Å²) in [4.78, 5) is 0. The largest absolute Gasteiger partial charge is 0.269 e. The van der Waals surface area contributed by atoms with E-state index in [9.17, 15) is 13.2 Å². The second kappa shape index (κ2) is 5.42. The number of alkyl halides is 3. The third-order valence-electron chi connectivity index (χ3n) is 2.91. The van der Waals surface area contributed by atoms with Gasteiger partial charge in [-0.05, 0) is 18.8 Å². The first-order valence-corrected chi connectivity index (χ1v) is 5.21. The Labute approximate surface area is 83.2 Å². The summed E-state index contributed by atoms with van der Waals surface area (Å²) in [5, 5.41) is 0. The summed E-state index contributed by atoms with van der Waals surface area (Å²) in [5.74, 6) is 0.278. The molecule has 1 fully saturated rings. The van der Waals surface area contributed by atoms with E-state index in [2.05, 4.69) is 6.58 Å². The van der Waals surface area contributed by atoms with Crippen molar-refractivity contribution in [1.29, 1.82) is 0 Å². The van der Waals surface area contributed by atoms with E-state index in [1.807, 2.05) is 0 Å². The first-order valence-electron chi connectivity index (χ1n) is 5.21. The molecule has 0 heterocycles.